The van der Waals surface area contributed by atoms with E-state index in [4.69, 9.17) is 10.2 Å². The van der Waals surface area contributed by atoms with Crippen LogP contribution in [0.15, 0.2) is 72.3 Å². The van der Waals surface area contributed by atoms with Gasteiger partial charge in [-0.25, -0.2) is 0 Å². The topological polar surface area (TPSA) is 35.2 Å². The Balaban J connectivity index is 2.15. The van der Waals surface area contributed by atoms with Gasteiger partial charge in [0.15, 0.2) is 0 Å². The highest BCUT2D eigenvalue weighted by Crippen LogP contribution is 2.39. The molecule has 0 heterocycles. The van der Waals surface area contributed by atoms with Crippen molar-refractivity contribution in [3.05, 3.63) is 72.3 Å². The van der Waals surface area contributed by atoms with Crippen LogP contribution in [-0.2, 0) is 4.43 Å². The maximum absolute atomic E-state index is 7.30. The summed E-state index contributed by atoms with van der Waals surface area (Å²) in [5.74, 6) is 0. The summed E-state index contributed by atoms with van der Waals surface area (Å²) in [4.78, 5) is 0. The molecule has 1 atom stereocenters. The van der Waals surface area contributed by atoms with Crippen LogP contribution in [0.5, 0.6) is 0 Å². The Labute approximate surface area is 165 Å². The summed E-state index contributed by atoms with van der Waals surface area (Å²) in [6.45, 7) is 7.71. The van der Waals surface area contributed by atoms with Crippen LogP contribution in [0, 0.1) is 0 Å². The van der Waals surface area contributed by atoms with Crippen LogP contribution in [0.2, 0.25) is 5.04 Å². The summed E-state index contributed by atoms with van der Waals surface area (Å²) in [5, 5.41) is 2.71. The molecule has 1 aliphatic carbocycles. The first-order valence-corrected chi connectivity index (χ1v) is 12.1. The normalized spacial score (nSPS) is 18.2. The number of allylic oxidation sites excluding steroid dienone is 1. The third-order valence-electron chi connectivity index (χ3n) is 5.66. The number of hydrogen-bond acceptors (Lipinski definition) is 2. The van der Waals surface area contributed by atoms with E-state index in [0.29, 0.717) is 6.54 Å². The molecule has 1 aliphatic rings. The van der Waals surface area contributed by atoms with Gasteiger partial charge in [-0.3, -0.25) is 0 Å². The molecule has 0 fully saturated rings. The van der Waals surface area contributed by atoms with Gasteiger partial charge in [0, 0.05) is 0 Å². The third kappa shape index (κ3) is 4.10. The summed E-state index contributed by atoms with van der Waals surface area (Å²) in [5.41, 5.74) is 7.31. The van der Waals surface area contributed by atoms with Gasteiger partial charge in [-0.05, 0) is 53.2 Å². The second-order valence-corrected chi connectivity index (χ2v) is 12.8. The predicted molar refractivity (Wildman–Crippen MR) is 118 cm³/mol. The molecule has 2 nitrogen and oxygen atoms in total. The van der Waals surface area contributed by atoms with Crippen molar-refractivity contribution in [1.29, 1.82) is 0 Å². The maximum Gasteiger partial charge on any atom is 0.261 e. The highest BCUT2D eigenvalue weighted by Gasteiger charge is 2.51. The molecule has 0 unspecified atom stereocenters. The molecule has 0 amide bonds. The first kappa shape index (κ1) is 20.1. The fraction of sp³-hybridized carbons (Fsp3) is 0.417. The van der Waals surface area contributed by atoms with E-state index in [9.17, 15) is 0 Å². The molecule has 0 radical (unpaired) electrons. The zero-order valence-electron chi connectivity index (χ0n) is 16.9. The van der Waals surface area contributed by atoms with Crippen LogP contribution in [0.25, 0.3) is 0 Å². The zero-order valence-corrected chi connectivity index (χ0v) is 17.9. The Kier molecular flexibility index (Phi) is 6.35. The Morgan fingerprint density at radius 3 is 2.00 bits per heavy atom. The summed E-state index contributed by atoms with van der Waals surface area (Å²) in [7, 11) is -2.49. The van der Waals surface area contributed by atoms with E-state index >= 15 is 0 Å². The highest BCUT2D eigenvalue weighted by molar-refractivity contribution is 6.99. The number of benzene rings is 2. The van der Waals surface area contributed by atoms with Crippen LogP contribution >= 0.6 is 0 Å². The lowest BCUT2D eigenvalue weighted by atomic mass is 9.94. The number of hydrogen-bond donors (Lipinski definition) is 1. The molecule has 3 rings (SSSR count). The lowest BCUT2D eigenvalue weighted by Gasteiger charge is -2.46. The smallest absolute Gasteiger partial charge is 0.261 e. The second-order valence-electron chi connectivity index (χ2n) is 8.52. The van der Waals surface area contributed by atoms with Crippen molar-refractivity contribution < 1.29 is 4.43 Å². The van der Waals surface area contributed by atoms with E-state index in [1.54, 1.807) is 0 Å². The maximum atomic E-state index is 7.30. The molecule has 0 bridgehead atoms. The zero-order chi connectivity index (χ0) is 19.3. The highest BCUT2D eigenvalue weighted by atomic mass is 28.4. The monoisotopic (exact) mass is 379 g/mol. The fourth-order valence-electron chi connectivity index (χ4n) is 4.38. The van der Waals surface area contributed by atoms with E-state index in [1.165, 1.54) is 22.4 Å². The lowest BCUT2D eigenvalue weighted by molar-refractivity contribution is 0.198. The molecule has 27 heavy (non-hydrogen) atoms. The fourth-order valence-corrected chi connectivity index (χ4v) is 9.09. The first-order valence-electron chi connectivity index (χ1n) is 10.2. The summed E-state index contributed by atoms with van der Waals surface area (Å²) in [6, 6.07) is 21.8. The van der Waals surface area contributed by atoms with Crippen molar-refractivity contribution in [2.75, 3.05) is 6.54 Å². The van der Waals surface area contributed by atoms with Gasteiger partial charge < -0.3 is 10.2 Å². The molecule has 2 N–H and O–H groups in total. The van der Waals surface area contributed by atoms with Crippen molar-refractivity contribution in [3.8, 4) is 0 Å². The minimum absolute atomic E-state index is 0.0149. The molecular weight excluding hydrogens is 346 g/mol. The van der Waals surface area contributed by atoms with E-state index in [2.05, 4.69) is 87.5 Å². The van der Waals surface area contributed by atoms with Crippen molar-refractivity contribution in [2.45, 2.75) is 57.6 Å². The molecule has 3 heteroatoms. The van der Waals surface area contributed by atoms with Gasteiger partial charge in [-0.2, -0.15) is 0 Å². The standard InChI is InChI=1S/C24H33NOSi/c1-24(2,3)27(21-13-6-4-7-14-21,22-15-8-5-9-16-22)26-23-17-11-10-12-20(23)18-19-25/h4-9,12-16,23H,10-11,17-19,25H2,1-3H3/t23-/m1/s1. The van der Waals surface area contributed by atoms with Crippen molar-refractivity contribution in [2.24, 2.45) is 5.73 Å². The minimum Gasteiger partial charge on any atom is -0.401 e. The van der Waals surface area contributed by atoms with Gasteiger partial charge in [0.2, 0.25) is 0 Å². The van der Waals surface area contributed by atoms with Crippen LogP contribution in [0.3, 0.4) is 0 Å². The molecule has 0 saturated heterocycles. The second kappa shape index (κ2) is 8.55. The first-order chi connectivity index (χ1) is 13.0. The van der Waals surface area contributed by atoms with E-state index in [-0.39, 0.29) is 11.1 Å². The summed E-state index contributed by atoms with van der Waals surface area (Å²) in [6.07, 6.45) is 6.92. The van der Waals surface area contributed by atoms with Crippen LogP contribution in [0.1, 0.15) is 46.5 Å². The van der Waals surface area contributed by atoms with Crippen molar-refractivity contribution >= 4 is 18.7 Å². The molecule has 144 valence electrons. The van der Waals surface area contributed by atoms with E-state index in [1.807, 2.05) is 0 Å². The molecule has 2 aromatic carbocycles. The Hall–Kier alpha value is -1.68. The van der Waals surface area contributed by atoms with Gasteiger partial charge >= 0.3 is 0 Å². The van der Waals surface area contributed by atoms with Crippen molar-refractivity contribution in [1.82, 2.24) is 0 Å². The number of nitrogens with two attached hydrogens (primary N) is 1. The van der Waals surface area contributed by atoms with Crippen LogP contribution in [-0.4, -0.2) is 21.0 Å². The predicted octanol–water partition coefficient (Wildman–Crippen LogP) is 4.39. The molecule has 0 aromatic heterocycles. The van der Waals surface area contributed by atoms with Gasteiger partial charge in [0.05, 0.1) is 6.10 Å². The molecule has 0 saturated carbocycles. The Morgan fingerprint density at radius 2 is 1.52 bits per heavy atom. The Morgan fingerprint density at radius 1 is 0.963 bits per heavy atom. The largest absolute Gasteiger partial charge is 0.401 e. The van der Waals surface area contributed by atoms with Gasteiger partial charge in [-0.1, -0.05) is 87.5 Å². The van der Waals surface area contributed by atoms with Gasteiger partial charge in [-0.15, -0.1) is 0 Å². The van der Waals surface area contributed by atoms with Crippen LogP contribution < -0.4 is 16.1 Å². The molecule has 0 spiro atoms. The van der Waals surface area contributed by atoms with Gasteiger partial charge in [0.25, 0.3) is 8.32 Å². The molecular formula is C24H33NOSi. The molecule has 2 aromatic rings. The summed E-state index contributed by atoms with van der Waals surface area (Å²) >= 11 is 0. The molecule has 0 aliphatic heterocycles. The minimum atomic E-state index is -2.49. The Bertz CT molecular complexity index is 709. The quantitative estimate of drug-likeness (QED) is 0.597. The third-order valence-corrected chi connectivity index (χ3v) is 10.7. The van der Waals surface area contributed by atoms with Crippen molar-refractivity contribution in [3.63, 3.8) is 0 Å². The van der Waals surface area contributed by atoms with Crippen LogP contribution in [0.4, 0.5) is 0 Å². The van der Waals surface area contributed by atoms with E-state index < -0.39 is 8.32 Å². The number of rotatable bonds is 6. The average Bonchev–Trinajstić information content (AvgIpc) is 2.68. The SMILES string of the molecule is CC(C)(C)[Si](O[C@@H]1CCCC=C1CCN)(c1ccccc1)c1ccccc1. The summed E-state index contributed by atoms with van der Waals surface area (Å²) < 4.78 is 7.30. The lowest BCUT2D eigenvalue weighted by Crippen LogP contribution is -2.67. The van der Waals surface area contributed by atoms with E-state index in [0.717, 1.165) is 19.3 Å². The average molecular weight is 380 g/mol. The van der Waals surface area contributed by atoms with Gasteiger partial charge in [0.1, 0.15) is 0 Å².